The molecule has 1 amide bonds. The van der Waals surface area contributed by atoms with Crippen LogP contribution in [0.5, 0.6) is 0 Å². The van der Waals surface area contributed by atoms with E-state index in [-0.39, 0.29) is 11.3 Å². The molecule has 1 aromatic heterocycles. The highest BCUT2D eigenvalue weighted by atomic mass is 32.2. The van der Waals surface area contributed by atoms with Gasteiger partial charge in [-0.1, -0.05) is 39.0 Å². The lowest BCUT2D eigenvalue weighted by atomic mass is 9.81. The number of amides is 1. The lowest BCUT2D eigenvalue weighted by Crippen LogP contribution is -2.46. The molecule has 1 N–H and O–H groups in total. The average molecular weight is 472 g/mol. The third-order valence-corrected chi connectivity index (χ3v) is 7.73. The molecule has 6 nitrogen and oxygen atoms in total. The van der Waals surface area contributed by atoms with Crippen LogP contribution in [0.2, 0.25) is 0 Å². The van der Waals surface area contributed by atoms with E-state index in [9.17, 15) is 13.2 Å². The highest BCUT2D eigenvalue weighted by Gasteiger charge is 2.47. The van der Waals surface area contributed by atoms with Crippen molar-refractivity contribution < 1.29 is 13.2 Å². The van der Waals surface area contributed by atoms with Crippen molar-refractivity contribution in [3.05, 3.63) is 65.0 Å². The van der Waals surface area contributed by atoms with Gasteiger partial charge >= 0.3 is 0 Å². The van der Waals surface area contributed by atoms with E-state index in [2.05, 4.69) is 31.1 Å². The van der Waals surface area contributed by atoms with Crippen molar-refractivity contribution in [3.8, 4) is 0 Å². The summed E-state index contributed by atoms with van der Waals surface area (Å²) < 4.78 is 26.5. The summed E-state index contributed by atoms with van der Waals surface area (Å²) in [5.41, 5.74) is 2.27. The molecule has 3 rings (SSSR count). The fourth-order valence-electron chi connectivity index (χ4n) is 4.48. The number of aromatic nitrogens is 1. The summed E-state index contributed by atoms with van der Waals surface area (Å²) in [6.07, 6.45) is 5.16. The van der Waals surface area contributed by atoms with Gasteiger partial charge in [-0.15, -0.1) is 0 Å². The first-order valence-corrected chi connectivity index (χ1v) is 13.3. The van der Waals surface area contributed by atoms with Gasteiger partial charge in [0.1, 0.15) is 0 Å². The molecule has 0 spiro atoms. The summed E-state index contributed by atoms with van der Waals surface area (Å²) >= 11 is 0. The van der Waals surface area contributed by atoms with Gasteiger partial charge in [0.05, 0.1) is 17.5 Å². The van der Waals surface area contributed by atoms with Gasteiger partial charge in [-0.3, -0.25) is 9.78 Å². The molecule has 0 saturated heterocycles. The van der Waals surface area contributed by atoms with Crippen LogP contribution in [0.25, 0.3) is 0 Å². The normalized spacial score (nSPS) is 16.0. The molecule has 0 radical (unpaired) electrons. The summed E-state index contributed by atoms with van der Waals surface area (Å²) in [4.78, 5) is 18.0. The first-order valence-electron chi connectivity index (χ1n) is 11.5. The predicted octanol–water partition coefficient (Wildman–Crippen LogP) is 4.40. The molecule has 7 heteroatoms. The van der Waals surface area contributed by atoms with E-state index >= 15 is 0 Å². The summed E-state index contributed by atoms with van der Waals surface area (Å²) in [6, 6.07) is 11.6. The molecule has 0 atom stereocenters. The van der Waals surface area contributed by atoms with Crippen LogP contribution in [0.15, 0.2) is 42.6 Å². The van der Waals surface area contributed by atoms with Gasteiger partial charge in [-0.05, 0) is 74.8 Å². The number of rotatable bonds is 7. The van der Waals surface area contributed by atoms with Gasteiger partial charge in [0, 0.05) is 23.8 Å². The highest BCUT2D eigenvalue weighted by molar-refractivity contribution is 7.88. The topological polar surface area (TPSA) is 79.4 Å². The van der Waals surface area contributed by atoms with E-state index in [0.717, 1.165) is 29.7 Å². The van der Waals surface area contributed by atoms with Gasteiger partial charge in [0.15, 0.2) is 0 Å². The average Bonchev–Trinajstić information content (AvgIpc) is 3.46. The molecular weight excluding hydrogens is 434 g/mol. The number of hydrogen-bond acceptors (Lipinski definition) is 4. The Kier molecular flexibility index (Phi) is 6.80. The van der Waals surface area contributed by atoms with Gasteiger partial charge < -0.3 is 5.32 Å². The molecule has 1 aliphatic carbocycles. The van der Waals surface area contributed by atoms with Crippen LogP contribution >= 0.6 is 0 Å². The first kappa shape index (κ1) is 25.4. The molecule has 1 aliphatic rings. The van der Waals surface area contributed by atoms with Crippen LogP contribution in [-0.4, -0.2) is 42.0 Å². The van der Waals surface area contributed by atoms with E-state index < -0.39 is 21.1 Å². The van der Waals surface area contributed by atoms with Crippen LogP contribution in [0.3, 0.4) is 0 Å². The first-order chi connectivity index (χ1) is 15.2. The standard InChI is InChI=1S/C26H37N3O3S/c1-24(2,3)21-12-10-11-20(19(21)14-18-29(25(4,5)6)33(7,31)32)23(30)28-26(15-16-26)22-13-8-9-17-27-22/h8-13,17H,14-16,18H2,1-7H3,(H,28,30). The number of pyridine rings is 1. The monoisotopic (exact) mass is 471 g/mol. The fraction of sp³-hybridized carbons (Fsp3) is 0.538. The van der Waals surface area contributed by atoms with Crippen molar-refractivity contribution in [2.75, 3.05) is 12.8 Å². The van der Waals surface area contributed by atoms with Crippen molar-refractivity contribution >= 4 is 15.9 Å². The van der Waals surface area contributed by atoms with Gasteiger partial charge in [-0.2, -0.15) is 4.31 Å². The van der Waals surface area contributed by atoms with E-state index in [1.165, 1.54) is 10.6 Å². The second-order valence-corrected chi connectivity index (χ2v) is 13.0. The molecule has 1 fully saturated rings. The van der Waals surface area contributed by atoms with E-state index in [1.807, 2.05) is 57.2 Å². The summed E-state index contributed by atoms with van der Waals surface area (Å²) in [7, 11) is -3.40. The second kappa shape index (κ2) is 8.84. The Morgan fingerprint density at radius 2 is 1.73 bits per heavy atom. The number of nitrogens with zero attached hydrogens (tertiary/aromatic N) is 2. The Morgan fingerprint density at radius 3 is 2.21 bits per heavy atom. The van der Waals surface area contributed by atoms with E-state index in [0.29, 0.717) is 18.5 Å². The summed E-state index contributed by atoms with van der Waals surface area (Å²) in [5, 5.41) is 3.23. The highest BCUT2D eigenvalue weighted by Crippen LogP contribution is 2.44. The smallest absolute Gasteiger partial charge is 0.252 e. The number of hydrogen-bond donors (Lipinski definition) is 1. The molecule has 180 valence electrons. The van der Waals surface area contributed by atoms with Crippen molar-refractivity contribution in [1.29, 1.82) is 0 Å². The van der Waals surface area contributed by atoms with Gasteiger partial charge in [0.2, 0.25) is 10.0 Å². The minimum absolute atomic E-state index is 0.138. The third-order valence-electron chi connectivity index (χ3n) is 6.20. The Morgan fingerprint density at radius 1 is 1.06 bits per heavy atom. The van der Waals surface area contributed by atoms with E-state index in [4.69, 9.17) is 0 Å². The Labute approximate surface area is 198 Å². The zero-order chi connectivity index (χ0) is 24.7. The molecular formula is C26H37N3O3S. The maximum Gasteiger partial charge on any atom is 0.252 e. The molecule has 1 saturated carbocycles. The lowest BCUT2D eigenvalue weighted by molar-refractivity contribution is 0.0928. The maximum absolute atomic E-state index is 13.5. The number of sulfonamides is 1. The van der Waals surface area contributed by atoms with Crippen LogP contribution < -0.4 is 5.32 Å². The third kappa shape index (κ3) is 5.82. The minimum Gasteiger partial charge on any atom is -0.341 e. The van der Waals surface area contributed by atoms with Crippen LogP contribution in [0.4, 0.5) is 0 Å². The Bertz CT molecular complexity index is 1110. The van der Waals surface area contributed by atoms with E-state index in [1.54, 1.807) is 6.20 Å². The maximum atomic E-state index is 13.5. The molecule has 0 unspecified atom stereocenters. The molecule has 0 bridgehead atoms. The SMILES string of the molecule is CC(C)(C)c1cccc(C(=O)NC2(c3ccccn3)CC2)c1CCN(C(C)(C)C)S(C)(=O)=O. The number of nitrogens with one attached hydrogen (secondary N) is 1. The van der Waals surface area contributed by atoms with Crippen LogP contribution in [0.1, 0.15) is 81.6 Å². The summed E-state index contributed by atoms with van der Waals surface area (Å²) in [6.45, 7) is 12.3. The van der Waals surface area contributed by atoms with Gasteiger partial charge in [-0.25, -0.2) is 8.42 Å². The Hall–Kier alpha value is -2.25. The largest absolute Gasteiger partial charge is 0.341 e. The molecule has 2 aromatic rings. The predicted molar refractivity (Wildman–Crippen MR) is 133 cm³/mol. The molecule has 1 aromatic carbocycles. The van der Waals surface area contributed by atoms with Crippen molar-refractivity contribution in [2.24, 2.45) is 0 Å². The van der Waals surface area contributed by atoms with Crippen LogP contribution in [-0.2, 0) is 27.4 Å². The second-order valence-electron chi connectivity index (χ2n) is 11.1. The molecule has 33 heavy (non-hydrogen) atoms. The Balaban J connectivity index is 1.97. The zero-order valence-electron chi connectivity index (χ0n) is 20.9. The quantitative estimate of drug-likeness (QED) is 0.649. The fourth-order valence-corrected chi connectivity index (χ4v) is 5.90. The summed E-state index contributed by atoms with van der Waals surface area (Å²) in [5.74, 6) is -0.138. The van der Waals surface area contributed by atoms with Crippen molar-refractivity contribution in [3.63, 3.8) is 0 Å². The van der Waals surface area contributed by atoms with Gasteiger partial charge in [0.25, 0.3) is 5.91 Å². The zero-order valence-corrected chi connectivity index (χ0v) is 21.7. The number of benzene rings is 1. The lowest BCUT2D eigenvalue weighted by Gasteiger charge is -2.34. The van der Waals surface area contributed by atoms with Crippen molar-refractivity contribution in [2.45, 2.75) is 77.3 Å². The minimum atomic E-state index is -3.40. The molecule has 1 heterocycles. The number of carbonyl (C=O) groups is 1. The van der Waals surface area contributed by atoms with Crippen LogP contribution in [0, 0.1) is 0 Å². The number of carbonyl (C=O) groups excluding carboxylic acids is 1. The van der Waals surface area contributed by atoms with Crippen molar-refractivity contribution in [1.82, 2.24) is 14.6 Å². The molecule has 0 aliphatic heterocycles.